The quantitative estimate of drug-likeness (QED) is 0.697. The van der Waals surface area contributed by atoms with Crippen LogP contribution >= 0.6 is 11.6 Å². The molecule has 2 N–H and O–H groups in total. The molecule has 114 valence electrons. The van der Waals surface area contributed by atoms with E-state index in [0.29, 0.717) is 22.3 Å². The van der Waals surface area contributed by atoms with E-state index in [-0.39, 0.29) is 4.90 Å². The Morgan fingerprint density at radius 3 is 2.86 bits per heavy atom. The van der Waals surface area contributed by atoms with Crippen molar-refractivity contribution in [1.29, 1.82) is 0 Å². The molecular weight excluding hydrogens is 328 g/mol. The maximum Gasteiger partial charge on any atom is 0.257 e. The van der Waals surface area contributed by atoms with E-state index >= 15 is 0 Å². The fraction of sp³-hybridized carbons (Fsp3) is 0.0833. The summed E-state index contributed by atoms with van der Waals surface area (Å²) in [5.41, 5.74) is 3.28. The maximum absolute atomic E-state index is 12.2. The lowest BCUT2D eigenvalue weighted by atomic mass is 10.4. The van der Waals surface area contributed by atoms with Crippen molar-refractivity contribution in [3.63, 3.8) is 0 Å². The van der Waals surface area contributed by atoms with Gasteiger partial charge in [0.2, 0.25) is 0 Å². The monoisotopic (exact) mass is 338 g/mol. The normalized spacial score (nSPS) is 11.7. The summed E-state index contributed by atoms with van der Waals surface area (Å²) < 4.78 is 25.8. The molecule has 2 aromatic heterocycles. The van der Waals surface area contributed by atoms with Crippen molar-refractivity contribution in [2.45, 2.75) is 11.8 Å². The predicted molar refractivity (Wildman–Crippen MR) is 80.9 cm³/mol. The highest BCUT2D eigenvalue weighted by Crippen LogP contribution is 2.16. The van der Waals surface area contributed by atoms with E-state index in [1.54, 1.807) is 25.1 Å². The Hall–Kier alpha value is -2.23. The zero-order valence-electron chi connectivity index (χ0n) is 11.4. The van der Waals surface area contributed by atoms with E-state index in [4.69, 9.17) is 11.6 Å². The molecule has 0 saturated carbocycles. The first-order valence-corrected chi connectivity index (χ1v) is 8.02. The van der Waals surface area contributed by atoms with Gasteiger partial charge in [0, 0.05) is 16.8 Å². The van der Waals surface area contributed by atoms with Gasteiger partial charge >= 0.3 is 0 Å². The molecule has 0 saturated heterocycles. The number of hydrogen-bond acceptors (Lipinski definition) is 6. The van der Waals surface area contributed by atoms with Crippen molar-refractivity contribution < 1.29 is 8.42 Å². The number of hydrogen-bond donors (Lipinski definition) is 2. The molecule has 22 heavy (non-hydrogen) atoms. The molecule has 3 rings (SSSR count). The van der Waals surface area contributed by atoms with Gasteiger partial charge in [0.15, 0.2) is 0 Å². The van der Waals surface area contributed by atoms with Crippen LogP contribution in [0.1, 0.15) is 5.69 Å². The van der Waals surface area contributed by atoms with Crippen LogP contribution in [0.25, 0.3) is 5.78 Å². The number of hydrazine groups is 1. The molecule has 0 atom stereocenters. The summed E-state index contributed by atoms with van der Waals surface area (Å²) in [6, 6.07) is 7.59. The van der Waals surface area contributed by atoms with E-state index in [0.717, 1.165) is 0 Å². The molecule has 1 aromatic carbocycles. The third kappa shape index (κ3) is 2.86. The Bertz CT molecular complexity index is 940. The van der Waals surface area contributed by atoms with Gasteiger partial charge in [-0.2, -0.15) is 14.6 Å². The molecular formula is C12H11ClN6O2S. The molecule has 2 heterocycles. The minimum Gasteiger partial charge on any atom is -0.292 e. The van der Waals surface area contributed by atoms with Gasteiger partial charge in [-0.05, 0) is 25.1 Å². The second-order valence-corrected chi connectivity index (χ2v) is 6.56. The lowest BCUT2D eigenvalue weighted by molar-refractivity contribution is 0.587. The molecule has 0 aliphatic carbocycles. The highest BCUT2D eigenvalue weighted by Gasteiger charge is 2.15. The first kappa shape index (κ1) is 14.7. The lowest BCUT2D eigenvalue weighted by Gasteiger charge is -2.11. The van der Waals surface area contributed by atoms with Gasteiger partial charge in [-0.25, -0.2) is 13.4 Å². The van der Waals surface area contributed by atoms with Crippen molar-refractivity contribution >= 4 is 33.2 Å². The predicted octanol–water partition coefficient (Wildman–Crippen LogP) is 1.39. The number of aromatic nitrogens is 4. The van der Waals surface area contributed by atoms with Crippen LogP contribution in [-0.4, -0.2) is 28.0 Å². The Balaban J connectivity index is 1.89. The summed E-state index contributed by atoms with van der Waals surface area (Å²) in [4.78, 5) is 10.4. The van der Waals surface area contributed by atoms with E-state index < -0.39 is 10.0 Å². The van der Waals surface area contributed by atoms with Crippen LogP contribution in [-0.2, 0) is 10.0 Å². The third-order valence-electron chi connectivity index (χ3n) is 2.80. The standard InChI is InChI=1S/C12H11ClN6O2S/c1-8-5-11(19-12(16-8)14-7-15-19)17-18-22(20,21)10-4-2-3-9(13)6-10/h2-7,17-18H,1H3. The number of nitrogens with zero attached hydrogens (tertiary/aromatic N) is 4. The van der Waals surface area contributed by atoms with Crippen LogP contribution in [0, 0.1) is 6.92 Å². The third-order valence-corrected chi connectivity index (χ3v) is 4.28. The molecule has 0 aliphatic rings. The van der Waals surface area contributed by atoms with Gasteiger partial charge in [-0.15, -0.1) is 4.83 Å². The number of nitrogens with one attached hydrogen (secondary N) is 2. The SMILES string of the molecule is Cc1cc(NNS(=O)(=O)c2cccc(Cl)c2)n2ncnc2n1. The number of fused-ring (bicyclic) bond motifs is 1. The van der Waals surface area contributed by atoms with Crippen LogP contribution in [0.2, 0.25) is 5.02 Å². The zero-order valence-corrected chi connectivity index (χ0v) is 12.9. The fourth-order valence-electron chi connectivity index (χ4n) is 1.83. The second-order valence-electron chi connectivity index (χ2n) is 4.44. The van der Waals surface area contributed by atoms with Crippen LogP contribution in [0.3, 0.4) is 0 Å². The van der Waals surface area contributed by atoms with Gasteiger partial charge in [-0.1, -0.05) is 17.7 Å². The van der Waals surface area contributed by atoms with Gasteiger partial charge in [0.1, 0.15) is 12.1 Å². The number of sulfonamides is 1. The number of anilines is 1. The van der Waals surface area contributed by atoms with Gasteiger partial charge in [0.25, 0.3) is 15.8 Å². The first-order valence-electron chi connectivity index (χ1n) is 6.16. The van der Waals surface area contributed by atoms with Gasteiger partial charge in [-0.3, -0.25) is 5.43 Å². The highest BCUT2D eigenvalue weighted by atomic mass is 35.5. The van der Waals surface area contributed by atoms with Crippen molar-refractivity contribution in [3.05, 3.63) is 47.4 Å². The molecule has 3 aromatic rings. The summed E-state index contributed by atoms with van der Waals surface area (Å²) in [5, 5.41) is 4.31. The Kier molecular flexibility index (Phi) is 3.69. The molecule has 0 spiro atoms. The number of halogens is 1. The van der Waals surface area contributed by atoms with E-state index in [1.807, 2.05) is 0 Å². The highest BCUT2D eigenvalue weighted by molar-refractivity contribution is 7.89. The zero-order chi connectivity index (χ0) is 15.7. The van der Waals surface area contributed by atoms with Crippen molar-refractivity contribution in [2.24, 2.45) is 0 Å². The van der Waals surface area contributed by atoms with E-state index in [2.05, 4.69) is 25.3 Å². The van der Waals surface area contributed by atoms with Crippen LogP contribution < -0.4 is 10.3 Å². The topological polar surface area (TPSA) is 101 Å². The van der Waals surface area contributed by atoms with Crippen LogP contribution in [0.4, 0.5) is 5.82 Å². The van der Waals surface area contributed by atoms with Crippen molar-refractivity contribution in [1.82, 2.24) is 24.4 Å². The van der Waals surface area contributed by atoms with Gasteiger partial charge < -0.3 is 0 Å². The Morgan fingerprint density at radius 1 is 1.27 bits per heavy atom. The summed E-state index contributed by atoms with van der Waals surface area (Å²) in [6.07, 6.45) is 1.33. The fourth-order valence-corrected chi connectivity index (χ4v) is 2.98. The summed E-state index contributed by atoms with van der Waals surface area (Å²) in [6.45, 7) is 1.77. The maximum atomic E-state index is 12.2. The molecule has 0 radical (unpaired) electrons. The van der Waals surface area contributed by atoms with Gasteiger partial charge in [0.05, 0.1) is 4.90 Å². The number of rotatable bonds is 4. The molecule has 8 nitrogen and oxygen atoms in total. The lowest BCUT2D eigenvalue weighted by Crippen LogP contribution is -2.30. The van der Waals surface area contributed by atoms with Crippen molar-refractivity contribution in [2.75, 3.05) is 5.43 Å². The summed E-state index contributed by atoms with van der Waals surface area (Å²) in [5.74, 6) is 0.759. The second kappa shape index (κ2) is 5.52. The molecule has 0 fully saturated rings. The van der Waals surface area contributed by atoms with Crippen LogP contribution in [0.5, 0.6) is 0 Å². The van der Waals surface area contributed by atoms with Crippen molar-refractivity contribution in [3.8, 4) is 0 Å². The number of benzene rings is 1. The largest absolute Gasteiger partial charge is 0.292 e. The van der Waals surface area contributed by atoms with E-state index in [9.17, 15) is 8.42 Å². The minimum atomic E-state index is -3.77. The number of aryl methyl sites for hydroxylation is 1. The minimum absolute atomic E-state index is 0.0492. The average Bonchev–Trinajstić information content (AvgIpc) is 2.93. The first-order chi connectivity index (χ1) is 10.5. The summed E-state index contributed by atoms with van der Waals surface area (Å²) >= 11 is 5.81. The molecule has 10 heteroatoms. The average molecular weight is 339 g/mol. The smallest absolute Gasteiger partial charge is 0.257 e. The Morgan fingerprint density at radius 2 is 2.09 bits per heavy atom. The van der Waals surface area contributed by atoms with Crippen LogP contribution in [0.15, 0.2) is 41.6 Å². The molecule has 0 unspecified atom stereocenters. The molecule has 0 amide bonds. The Labute approximate surface area is 131 Å². The van der Waals surface area contributed by atoms with E-state index in [1.165, 1.54) is 23.0 Å². The summed E-state index contributed by atoms with van der Waals surface area (Å²) in [7, 11) is -3.77. The molecule has 0 bridgehead atoms. The molecule has 0 aliphatic heterocycles.